The maximum Gasteiger partial charge on any atom is 0.319 e. The number of hydrogen-bond acceptors (Lipinski definition) is 3. The molecule has 1 heterocycles. The van der Waals surface area contributed by atoms with E-state index in [1.165, 1.54) is 0 Å². The number of anilines is 1. The second-order valence-corrected chi connectivity index (χ2v) is 6.63. The van der Waals surface area contributed by atoms with Crippen LogP contribution in [0.1, 0.15) is 25.5 Å². The third-order valence-electron chi connectivity index (χ3n) is 4.72. The lowest BCUT2D eigenvalue weighted by molar-refractivity contribution is -0.139. The molecular weight excluding hydrogens is 320 g/mol. The summed E-state index contributed by atoms with van der Waals surface area (Å²) in [6.45, 7) is 4.70. The highest BCUT2D eigenvalue weighted by atomic mass is 16.4. The number of H-pyrrole nitrogens is 1. The average molecular weight is 344 g/mol. The summed E-state index contributed by atoms with van der Waals surface area (Å²) in [7, 11) is 0. The van der Waals surface area contributed by atoms with E-state index in [9.17, 15) is 9.59 Å². The summed E-state index contributed by atoms with van der Waals surface area (Å²) in [6, 6.07) is 7.88. The molecule has 0 spiro atoms. The molecule has 7 nitrogen and oxygen atoms in total. The van der Waals surface area contributed by atoms with E-state index in [1.54, 1.807) is 0 Å². The van der Waals surface area contributed by atoms with Crippen molar-refractivity contribution in [2.45, 2.75) is 38.8 Å². The zero-order valence-electron chi connectivity index (χ0n) is 14.5. The molecule has 0 saturated heterocycles. The zero-order chi connectivity index (χ0) is 18.0. The highest BCUT2D eigenvalue weighted by Gasteiger charge is 2.34. The Kier molecular flexibility index (Phi) is 4.94. The van der Waals surface area contributed by atoms with Crippen LogP contribution in [0.5, 0.6) is 0 Å². The predicted molar refractivity (Wildman–Crippen MR) is 96.9 cm³/mol. The van der Waals surface area contributed by atoms with Gasteiger partial charge < -0.3 is 20.7 Å². The summed E-state index contributed by atoms with van der Waals surface area (Å²) in [6.07, 6.45) is 1.56. The fourth-order valence-electron chi connectivity index (χ4n) is 3.38. The number of carboxylic acid groups (broad SMARTS) is 1. The first-order valence-corrected chi connectivity index (χ1v) is 8.57. The molecule has 2 amide bonds. The van der Waals surface area contributed by atoms with Crippen molar-refractivity contribution >= 4 is 28.6 Å². The minimum atomic E-state index is -0.814. The molecule has 134 valence electrons. The van der Waals surface area contributed by atoms with Crippen LogP contribution in [0.3, 0.4) is 0 Å². The molecule has 1 saturated carbocycles. The summed E-state index contributed by atoms with van der Waals surface area (Å²) >= 11 is 0. The minimum absolute atomic E-state index is 0.0518. The lowest BCUT2D eigenvalue weighted by Gasteiger charge is -2.42. The van der Waals surface area contributed by atoms with E-state index >= 15 is 0 Å². The molecule has 1 fully saturated rings. The van der Waals surface area contributed by atoms with Crippen LogP contribution in [0.25, 0.3) is 10.9 Å². The number of hydrogen-bond donors (Lipinski definition) is 4. The van der Waals surface area contributed by atoms with Crippen molar-refractivity contribution in [2.24, 2.45) is 0 Å². The van der Waals surface area contributed by atoms with Gasteiger partial charge in [0.05, 0.1) is 6.54 Å². The number of aryl methyl sites for hydroxylation is 1. The molecule has 25 heavy (non-hydrogen) atoms. The number of carboxylic acids is 1. The Morgan fingerprint density at radius 1 is 1.32 bits per heavy atom. The predicted octanol–water partition coefficient (Wildman–Crippen LogP) is 2.54. The first kappa shape index (κ1) is 17.3. The van der Waals surface area contributed by atoms with Crippen LogP contribution in [-0.4, -0.2) is 52.2 Å². The van der Waals surface area contributed by atoms with Crippen molar-refractivity contribution in [1.29, 1.82) is 0 Å². The number of carbonyl (C=O) groups is 2. The molecule has 0 bridgehead atoms. The van der Waals surface area contributed by atoms with Gasteiger partial charge in [0.2, 0.25) is 0 Å². The molecule has 0 radical (unpaired) electrons. The van der Waals surface area contributed by atoms with Gasteiger partial charge in [0, 0.05) is 34.4 Å². The molecule has 4 N–H and O–H groups in total. The lowest BCUT2D eigenvalue weighted by atomic mass is 9.85. The van der Waals surface area contributed by atoms with Gasteiger partial charge in [0.25, 0.3) is 0 Å². The number of aromatic nitrogens is 1. The van der Waals surface area contributed by atoms with Crippen LogP contribution >= 0.6 is 0 Å². The maximum absolute atomic E-state index is 12.1. The monoisotopic (exact) mass is 344 g/mol. The van der Waals surface area contributed by atoms with Gasteiger partial charge in [-0.25, -0.2) is 4.79 Å². The molecule has 7 heteroatoms. The van der Waals surface area contributed by atoms with Crippen molar-refractivity contribution in [2.75, 3.05) is 18.4 Å². The number of aliphatic carboxylic acids is 1. The SMILES string of the molecule is CCN(CC(=O)O)C1CC(NC(=O)Nc2ccc3[nH]c(C)cc3c2)C1. The number of likely N-dealkylation sites (N-methyl/N-ethyl adjacent to an activating group) is 1. The quantitative estimate of drug-likeness (QED) is 0.647. The number of carbonyl (C=O) groups excluding carboxylic acids is 1. The Morgan fingerprint density at radius 2 is 2.08 bits per heavy atom. The zero-order valence-corrected chi connectivity index (χ0v) is 14.5. The molecule has 0 unspecified atom stereocenters. The maximum atomic E-state index is 12.1. The standard InChI is InChI=1S/C18H24N4O3/c1-3-22(10-17(23)24)15-8-14(9-15)21-18(25)20-13-4-5-16-12(7-13)6-11(2)19-16/h4-7,14-15,19H,3,8-10H2,1-2H3,(H,23,24)(H2,20,21,25). The third kappa shape index (κ3) is 4.11. The molecular formula is C18H24N4O3. The van der Waals surface area contributed by atoms with Gasteiger partial charge in [0.15, 0.2) is 0 Å². The van der Waals surface area contributed by atoms with E-state index in [4.69, 9.17) is 5.11 Å². The largest absolute Gasteiger partial charge is 0.480 e. The second kappa shape index (κ2) is 7.14. The molecule has 3 rings (SSSR count). The Bertz CT molecular complexity index is 780. The average Bonchev–Trinajstić information content (AvgIpc) is 2.87. The van der Waals surface area contributed by atoms with E-state index < -0.39 is 5.97 Å². The molecule has 0 atom stereocenters. The van der Waals surface area contributed by atoms with Crippen LogP contribution in [0.4, 0.5) is 10.5 Å². The number of urea groups is 1. The summed E-state index contributed by atoms with van der Waals surface area (Å²) in [5.41, 5.74) is 2.88. The number of fused-ring (bicyclic) bond motifs is 1. The molecule has 0 aliphatic heterocycles. The fourth-order valence-corrected chi connectivity index (χ4v) is 3.38. The summed E-state index contributed by atoms with van der Waals surface area (Å²) in [5, 5.41) is 15.8. The molecule has 1 aliphatic rings. The topological polar surface area (TPSA) is 97.5 Å². The minimum Gasteiger partial charge on any atom is -0.480 e. The number of benzene rings is 1. The van der Waals surface area contributed by atoms with Crippen molar-refractivity contribution in [1.82, 2.24) is 15.2 Å². The van der Waals surface area contributed by atoms with E-state index in [0.717, 1.165) is 35.1 Å². The van der Waals surface area contributed by atoms with Gasteiger partial charge in [-0.05, 0) is 50.6 Å². The van der Waals surface area contributed by atoms with Gasteiger partial charge in [-0.1, -0.05) is 6.92 Å². The van der Waals surface area contributed by atoms with Crippen molar-refractivity contribution in [3.8, 4) is 0 Å². The third-order valence-corrected chi connectivity index (χ3v) is 4.72. The second-order valence-electron chi connectivity index (χ2n) is 6.63. The highest BCUT2D eigenvalue weighted by Crippen LogP contribution is 2.26. The highest BCUT2D eigenvalue weighted by molar-refractivity contribution is 5.93. The van der Waals surface area contributed by atoms with E-state index in [2.05, 4.69) is 15.6 Å². The molecule has 1 aromatic carbocycles. The van der Waals surface area contributed by atoms with Gasteiger partial charge in [-0.3, -0.25) is 9.69 Å². The lowest BCUT2D eigenvalue weighted by Crippen LogP contribution is -2.55. The number of amides is 2. The number of nitrogens with one attached hydrogen (secondary N) is 3. The molecule has 1 aliphatic carbocycles. The Labute approximate surface area is 146 Å². The molecule has 1 aromatic heterocycles. The van der Waals surface area contributed by atoms with Crippen LogP contribution < -0.4 is 10.6 Å². The van der Waals surface area contributed by atoms with E-state index in [1.807, 2.05) is 43.0 Å². The van der Waals surface area contributed by atoms with Gasteiger partial charge in [-0.2, -0.15) is 0 Å². The van der Waals surface area contributed by atoms with E-state index in [0.29, 0.717) is 6.54 Å². The smallest absolute Gasteiger partial charge is 0.319 e. The summed E-state index contributed by atoms with van der Waals surface area (Å²) < 4.78 is 0. The molecule has 2 aromatic rings. The van der Waals surface area contributed by atoms with Gasteiger partial charge in [-0.15, -0.1) is 0 Å². The van der Waals surface area contributed by atoms with Crippen molar-refractivity contribution in [3.63, 3.8) is 0 Å². The van der Waals surface area contributed by atoms with Gasteiger partial charge >= 0.3 is 12.0 Å². The first-order valence-electron chi connectivity index (χ1n) is 8.57. The Balaban J connectivity index is 1.49. The number of rotatable bonds is 6. The van der Waals surface area contributed by atoms with Crippen LogP contribution in [0.15, 0.2) is 24.3 Å². The first-order chi connectivity index (χ1) is 11.9. The fraction of sp³-hybridized carbons (Fsp3) is 0.444. The Morgan fingerprint density at radius 3 is 2.76 bits per heavy atom. The summed E-state index contributed by atoms with van der Waals surface area (Å²) in [4.78, 5) is 28.2. The number of nitrogens with zero attached hydrogens (tertiary/aromatic N) is 1. The van der Waals surface area contributed by atoms with E-state index in [-0.39, 0.29) is 24.7 Å². The van der Waals surface area contributed by atoms with Crippen LogP contribution in [0.2, 0.25) is 0 Å². The van der Waals surface area contributed by atoms with Crippen LogP contribution in [-0.2, 0) is 4.79 Å². The Hall–Kier alpha value is -2.54. The normalized spacial score (nSPS) is 19.6. The van der Waals surface area contributed by atoms with Crippen molar-refractivity contribution < 1.29 is 14.7 Å². The van der Waals surface area contributed by atoms with Crippen LogP contribution in [0, 0.1) is 6.92 Å². The number of aromatic amines is 1. The summed E-state index contributed by atoms with van der Waals surface area (Å²) in [5.74, 6) is -0.814. The van der Waals surface area contributed by atoms with Gasteiger partial charge in [0.1, 0.15) is 0 Å². The van der Waals surface area contributed by atoms with Crippen molar-refractivity contribution in [3.05, 3.63) is 30.0 Å².